The van der Waals surface area contributed by atoms with E-state index < -0.39 is 23.3 Å². The second kappa shape index (κ2) is 8.86. The smallest absolute Gasteiger partial charge is 0.324 e. The van der Waals surface area contributed by atoms with Crippen molar-refractivity contribution in [2.75, 3.05) is 11.1 Å². The number of carbonyl (C=O) groups excluding carboxylic acids is 1. The number of thioether (sulfide) groups is 1. The third-order valence-corrected chi connectivity index (χ3v) is 6.69. The molecular formula is C21H13ClF3N3OS2. The van der Waals surface area contributed by atoms with Gasteiger partial charge in [-0.2, -0.15) is 13.2 Å². The molecule has 2 aromatic heterocycles. The summed E-state index contributed by atoms with van der Waals surface area (Å²) >= 11 is 8.52. The van der Waals surface area contributed by atoms with Gasteiger partial charge < -0.3 is 5.32 Å². The lowest BCUT2D eigenvalue weighted by Crippen LogP contribution is -2.18. The van der Waals surface area contributed by atoms with Gasteiger partial charge in [0.25, 0.3) is 0 Å². The lowest BCUT2D eigenvalue weighted by Gasteiger charge is -2.15. The Morgan fingerprint density at radius 2 is 1.87 bits per heavy atom. The number of alkyl halides is 3. The molecule has 0 saturated heterocycles. The van der Waals surface area contributed by atoms with Gasteiger partial charge in [-0.25, -0.2) is 9.97 Å². The van der Waals surface area contributed by atoms with E-state index >= 15 is 0 Å². The average Bonchev–Trinajstić information content (AvgIpc) is 3.18. The van der Waals surface area contributed by atoms with Crippen molar-refractivity contribution in [3.8, 4) is 10.4 Å². The summed E-state index contributed by atoms with van der Waals surface area (Å²) in [5, 5.41) is 3.47. The molecule has 0 aliphatic rings. The SMILES string of the molecule is O=C(CSc1ncnc2sc(-c3ccccc3)cc12)Nc1c(Cl)cccc1C(F)(F)F. The van der Waals surface area contributed by atoms with Gasteiger partial charge in [0.05, 0.1) is 22.0 Å². The maximum atomic E-state index is 13.2. The molecule has 0 fully saturated rings. The lowest BCUT2D eigenvalue weighted by molar-refractivity contribution is -0.137. The number of nitrogens with zero attached hydrogens (tertiary/aromatic N) is 2. The molecule has 10 heteroatoms. The van der Waals surface area contributed by atoms with Crippen molar-refractivity contribution >= 4 is 56.5 Å². The van der Waals surface area contributed by atoms with Gasteiger partial charge >= 0.3 is 6.18 Å². The van der Waals surface area contributed by atoms with Crippen molar-refractivity contribution in [2.45, 2.75) is 11.2 Å². The fourth-order valence-corrected chi connectivity index (χ4v) is 4.95. The highest BCUT2D eigenvalue weighted by atomic mass is 35.5. The van der Waals surface area contributed by atoms with Gasteiger partial charge in [0.2, 0.25) is 5.91 Å². The Morgan fingerprint density at radius 1 is 1.10 bits per heavy atom. The van der Waals surface area contributed by atoms with Gasteiger partial charge in [-0.05, 0) is 23.8 Å². The predicted octanol–water partition coefficient (Wildman–Crippen LogP) is 6.76. The van der Waals surface area contributed by atoms with Crippen LogP contribution >= 0.6 is 34.7 Å². The molecule has 31 heavy (non-hydrogen) atoms. The van der Waals surface area contributed by atoms with Crippen LogP contribution in [0.25, 0.3) is 20.7 Å². The Balaban J connectivity index is 1.53. The maximum Gasteiger partial charge on any atom is 0.418 e. The van der Waals surface area contributed by atoms with Crippen LogP contribution in [0.15, 0.2) is 66.0 Å². The number of hydrogen-bond acceptors (Lipinski definition) is 5. The molecule has 2 heterocycles. The minimum Gasteiger partial charge on any atom is -0.324 e. The number of hydrogen-bond donors (Lipinski definition) is 1. The highest BCUT2D eigenvalue weighted by Crippen LogP contribution is 2.39. The summed E-state index contributed by atoms with van der Waals surface area (Å²) in [7, 11) is 0. The van der Waals surface area contributed by atoms with E-state index in [1.54, 1.807) is 0 Å². The number of nitrogens with one attached hydrogen (secondary N) is 1. The topological polar surface area (TPSA) is 54.9 Å². The van der Waals surface area contributed by atoms with Crippen molar-refractivity contribution < 1.29 is 18.0 Å². The monoisotopic (exact) mass is 479 g/mol. The summed E-state index contributed by atoms with van der Waals surface area (Å²) in [5.74, 6) is -0.751. The van der Waals surface area contributed by atoms with E-state index in [0.29, 0.717) is 5.03 Å². The van der Waals surface area contributed by atoms with Crippen molar-refractivity contribution in [3.63, 3.8) is 0 Å². The second-order valence-corrected chi connectivity index (χ2v) is 8.77. The van der Waals surface area contributed by atoms with E-state index in [0.717, 1.165) is 38.5 Å². The van der Waals surface area contributed by atoms with Crippen molar-refractivity contribution in [2.24, 2.45) is 0 Å². The maximum absolute atomic E-state index is 13.2. The Labute approximate surface area is 188 Å². The summed E-state index contributed by atoms with van der Waals surface area (Å²) in [6, 6.07) is 15.1. The fraction of sp³-hybridized carbons (Fsp3) is 0.0952. The number of aromatic nitrogens is 2. The van der Waals surface area contributed by atoms with Crippen LogP contribution in [0.4, 0.5) is 18.9 Å². The standard InChI is InChI=1S/C21H13ClF3N3OS2/c22-15-8-4-7-14(21(23,24)25)18(15)28-17(29)10-30-19-13-9-16(12-5-2-1-3-6-12)31-20(13)27-11-26-19/h1-9,11H,10H2,(H,28,29). The van der Waals surface area contributed by atoms with Crippen LogP contribution in [0.3, 0.4) is 0 Å². The molecule has 4 rings (SSSR count). The molecule has 0 saturated carbocycles. The van der Waals surface area contributed by atoms with E-state index in [1.807, 2.05) is 36.4 Å². The molecule has 0 unspecified atom stereocenters. The Hall–Kier alpha value is -2.62. The van der Waals surface area contributed by atoms with Gasteiger partial charge in [-0.1, -0.05) is 59.8 Å². The van der Waals surface area contributed by atoms with Gasteiger partial charge in [0, 0.05) is 10.3 Å². The van der Waals surface area contributed by atoms with E-state index in [4.69, 9.17) is 11.6 Å². The molecule has 0 atom stereocenters. The van der Waals surface area contributed by atoms with Gasteiger partial charge in [0.15, 0.2) is 0 Å². The molecule has 158 valence electrons. The Bertz CT molecular complexity index is 1250. The third-order valence-electron chi connectivity index (χ3n) is 4.27. The molecule has 1 N–H and O–H groups in total. The Morgan fingerprint density at radius 3 is 2.61 bits per heavy atom. The van der Waals surface area contributed by atoms with E-state index in [9.17, 15) is 18.0 Å². The minimum atomic E-state index is -4.63. The van der Waals surface area contributed by atoms with E-state index in [2.05, 4.69) is 15.3 Å². The van der Waals surface area contributed by atoms with E-state index in [-0.39, 0.29) is 10.8 Å². The second-order valence-electron chi connectivity index (χ2n) is 6.37. The van der Waals surface area contributed by atoms with Crippen LogP contribution in [0.2, 0.25) is 5.02 Å². The van der Waals surface area contributed by atoms with Gasteiger partial charge in [-0.15, -0.1) is 11.3 Å². The summed E-state index contributed by atoms with van der Waals surface area (Å²) in [4.78, 5) is 22.7. The zero-order chi connectivity index (χ0) is 22.0. The van der Waals surface area contributed by atoms with Crippen molar-refractivity contribution in [1.29, 1.82) is 0 Å². The van der Waals surface area contributed by atoms with Crippen LogP contribution in [0.1, 0.15) is 5.56 Å². The highest BCUT2D eigenvalue weighted by Gasteiger charge is 2.34. The largest absolute Gasteiger partial charge is 0.418 e. The molecule has 0 radical (unpaired) electrons. The van der Waals surface area contributed by atoms with Crippen LogP contribution in [0, 0.1) is 0 Å². The first kappa shape index (κ1) is 21.6. The lowest BCUT2D eigenvalue weighted by atomic mass is 10.1. The first-order chi connectivity index (χ1) is 14.8. The molecular weight excluding hydrogens is 467 g/mol. The molecule has 4 aromatic rings. The first-order valence-corrected chi connectivity index (χ1v) is 11.1. The minimum absolute atomic E-state index is 0.134. The number of para-hydroxylation sites is 1. The Kier molecular flexibility index (Phi) is 6.17. The molecule has 4 nitrogen and oxygen atoms in total. The molecule has 2 aromatic carbocycles. The zero-order valence-electron chi connectivity index (χ0n) is 15.6. The highest BCUT2D eigenvalue weighted by molar-refractivity contribution is 8.00. The number of carbonyl (C=O) groups is 1. The molecule has 0 spiro atoms. The molecule has 0 bridgehead atoms. The third kappa shape index (κ3) is 4.84. The fourth-order valence-electron chi connectivity index (χ4n) is 2.89. The summed E-state index contributed by atoms with van der Waals surface area (Å²) in [6.45, 7) is 0. The predicted molar refractivity (Wildman–Crippen MR) is 119 cm³/mol. The summed E-state index contributed by atoms with van der Waals surface area (Å²) < 4.78 is 39.6. The number of rotatable bonds is 5. The number of anilines is 1. The first-order valence-electron chi connectivity index (χ1n) is 8.91. The van der Waals surface area contributed by atoms with Crippen LogP contribution in [-0.4, -0.2) is 21.6 Å². The summed E-state index contributed by atoms with van der Waals surface area (Å²) in [5.41, 5.74) is -0.400. The zero-order valence-corrected chi connectivity index (χ0v) is 18.0. The van der Waals surface area contributed by atoms with Crippen LogP contribution < -0.4 is 5.32 Å². The number of thiophene rings is 1. The number of fused-ring (bicyclic) bond motifs is 1. The molecule has 0 aliphatic carbocycles. The summed E-state index contributed by atoms with van der Waals surface area (Å²) in [6.07, 6.45) is -3.23. The van der Waals surface area contributed by atoms with Crippen molar-refractivity contribution in [3.05, 3.63) is 71.5 Å². The average molecular weight is 480 g/mol. The normalized spacial score (nSPS) is 11.6. The molecule has 1 amide bonds. The van der Waals surface area contributed by atoms with Gasteiger partial charge in [-0.3, -0.25) is 4.79 Å². The van der Waals surface area contributed by atoms with Crippen LogP contribution in [0.5, 0.6) is 0 Å². The number of benzene rings is 2. The quantitative estimate of drug-likeness (QED) is 0.254. The number of amides is 1. The van der Waals surface area contributed by atoms with Crippen LogP contribution in [-0.2, 0) is 11.0 Å². The van der Waals surface area contributed by atoms with Gasteiger partial charge in [0.1, 0.15) is 16.2 Å². The number of halogens is 4. The van der Waals surface area contributed by atoms with E-state index in [1.165, 1.54) is 29.8 Å². The van der Waals surface area contributed by atoms with Crippen molar-refractivity contribution in [1.82, 2.24) is 9.97 Å². The molecule has 0 aliphatic heterocycles.